The summed E-state index contributed by atoms with van der Waals surface area (Å²) in [7, 11) is 1.51. The highest BCUT2D eigenvalue weighted by Gasteiger charge is 2.56. The number of hydrogen-bond donors (Lipinski definition) is 1. The van der Waals surface area contributed by atoms with Gasteiger partial charge in [0.15, 0.2) is 5.96 Å². The molecule has 0 spiro atoms. The summed E-state index contributed by atoms with van der Waals surface area (Å²) in [6.45, 7) is 14.9. The zero-order valence-corrected chi connectivity index (χ0v) is 26.9. The summed E-state index contributed by atoms with van der Waals surface area (Å²) in [5, 5.41) is 4.20. The lowest BCUT2D eigenvalue weighted by Gasteiger charge is -2.61. The molecule has 2 bridgehead atoms. The molecule has 2 heterocycles. The van der Waals surface area contributed by atoms with Gasteiger partial charge in [-0.05, 0) is 85.2 Å². The van der Waals surface area contributed by atoms with Crippen LogP contribution in [0.5, 0.6) is 5.75 Å². The van der Waals surface area contributed by atoms with Gasteiger partial charge in [-0.25, -0.2) is 14.4 Å². The van der Waals surface area contributed by atoms with Gasteiger partial charge in [-0.1, -0.05) is 33.8 Å². The Bertz CT molecular complexity index is 1580. The molecular weight excluding hydrogens is 555 g/mol. The zero-order valence-electron chi connectivity index (χ0n) is 26.9. The molecule has 2 aromatic carbocycles. The predicted molar refractivity (Wildman–Crippen MR) is 175 cm³/mol. The maximum absolute atomic E-state index is 14.4. The van der Waals surface area contributed by atoms with E-state index in [4.69, 9.17) is 9.73 Å². The van der Waals surface area contributed by atoms with Crippen molar-refractivity contribution in [2.45, 2.75) is 66.0 Å². The molecule has 44 heavy (non-hydrogen) atoms. The third-order valence-corrected chi connectivity index (χ3v) is 10.8. The van der Waals surface area contributed by atoms with Crippen LogP contribution in [-0.4, -0.2) is 71.2 Å². The summed E-state index contributed by atoms with van der Waals surface area (Å²) in [5.41, 5.74) is 2.34. The van der Waals surface area contributed by atoms with E-state index in [-0.39, 0.29) is 11.4 Å². The molecule has 1 aromatic heterocycles. The molecular formula is C35H47FN6O2. The van der Waals surface area contributed by atoms with Gasteiger partial charge in [-0.2, -0.15) is 0 Å². The van der Waals surface area contributed by atoms with E-state index in [2.05, 4.69) is 47.8 Å². The van der Waals surface area contributed by atoms with Gasteiger partial charge in [-0.15, -0.1) is 0 Å². The molecule has 4 aliphatic rings. The van der Waals surface area contributed by atoms with Crippen molar-refractivity contribution in [2.75, 3.05) is 45.2 Å². The van der Waals surface area contributed by atoms with Crippen LogP contribution in [0.15, 0.2) is 52.5 Å². The van der Waals surface area contributed by atoms with Crippen LogP contribution in [0.25, 0.3) is 10.9 Å². The zero-order chi connectivity index (χ0) is 31.0. The van der Waals surface area contributed by atoms with Crippen molar-refractivity contribution >= 4 is 22.5 Å². The fourth-order valence-corrected chi connectivity index (χ4v) is 7.77. The maximum atomic E-state index is 14.4. The van der Waals surface area contributed by atoms with Crippen molar-refractivity contribution in [1.29, 1.82) is 0 Å². The Morgan fingerprint density at radius 3 is 2.59 bits per heavy atom. The lowest BCUT2D eigenvalue weighted by atomic mass is 9.45. The van der Waals surface area contributed by atoms with Gasteiger partial charge < -0.3 is 15.0 Å². The van der Waals surface area contributed by atoms with Crippen LogP contribution in [0.1, 0.15) is 52.5 Å². The van der Waals surface area contributed by atoms with Crippen molar-refractivity contribution < 1.29 is 9.13 Å². The summed E-state index contributed by atoms with van der Waals surface area (Å²) in [4.78, 5) is 28.3. The Hall–Kier alpha value is -3.46. The number of hydrogen-bond acceptors (Lipinski definition) is 5. The number of guanidine groups is 1. The Kier molecular flexibility index (Phi) is 8.68. The first-order valence-corrected chi connectivity index (χ1v) is 16.3. The van der Waals surface area contributed by atoms with Gasteiger partial charge in [0.25, 0.3) is 5.56 Å². The number of aliphatic imine (C=N–C) groups is 1. The molecule has 1 N–H and O–H groups in total. The molecule has 7 rings (SSSR count). The minimum atomic E-state index is -0.338. The number of ether oxygens (including phenoxy) is 1. The van der Waals surface area contributed by atoms with E-state index in [0.29, 0.717) is 52.6 Å². The Labute approximate surface area is 260 Å². The first-order chi connectivity index (χ1) is 21.2. The highest BCUT2D eigenvalue weighted by atomic mass is 19.1. The lowest BCUT2D eigenvalue weighted by Crippen LogP contribution is -2.57. The molecule has 9 heteroatoms. The van der Waals surface area contributed by atoms with Crippen LogP contribution in [0, 0.1) is 29.0 Å². The number of aromatic nitrogens is 2. The second-order valence-electron chi connectivity index (χ2n) is 13.6. The van der Waals surface area contributed by atoms with E-state index in [1.807, 2.05) is 18.2 Å². The third kappa shape index (κ3) is 5.95. The first-order valence-electron chi connectivity index (χ1n) is 16.3. The van der Waals surface area contributed by atoms with Crippen LogP contribution in [0.3, 0.4) is 0 Å². The summed E-state index contributed by atoms with van der Waals surface area (Å²) >= 11 is 0. The smallest absolute Gasteiger partial charge is 0.261 e. The van der Waals surface area contributed by atoms with E-state index in [1.165, 1.54) is 26.0 Å². The molecule has 1 unspecified atom stereocenters. The molecule has 1 aliphatic heterocycles. The molecule has 3 aliphatic carbocycles. The predicted octanol–water partition coefficient (Wildman–Crippen LogP) is 5.65. The third-order valence-electron chi connectivity index (χ3n) is 10.8. The minimum absolute atomic E-state index is 0.130. The Balaban J connectivity index is 1.21. The van der Waals surface area contributed by atoms with Crippen LogP contribution in [-0.2, 0) is 13.0 Å². The summed E-state index contributed by atoms with van der Waals surface area (Å²) in [6.07, 6.45) is 5.59. The standard InChI is InChI=1S/C35H47FN6O2/c1-6-12-40-14-16-41(17-15-40)34(39-31-19-25-18-29(23(31)2)35(25,3)4)38-26-8-10-28-32(20-26)37-22-42(33(28)43)13-11-24-7-9-27(44-5)21-30(24)36/h7-10,20-23,25,29,31H,6,11-19H2,1-5H3,(H,38,39)/t23-,25-,29+,31?/m0/s1. The maximum Gasteiger partial charge on any atom is 0.261 e. The average molecular weight is 603 g/mol. The molecule has 3 aromatic rings. The first kappa shape index (κ1) is 30.6. The fourth-order valence-electron chi connectivity index (χ4n) is 7.77. The van der Waals surface area contributed by atoms with Crippen LogP contribution in [0.4, 0.5) is 10.1 Å². The Morgan fingerprint density at radius 1 is 1.11 bits per heavy atom. The fraction of sp³-hybridized carbons (Fsp3) is 0.571. The van der Waals surface area contributed by atoms with Crippen molar-refractivity contribution in [3.63, 3.8) is 0 Å². The highest BCUT2D eigenvalue weighted by molar-refractivity contribution is 5.96. The molecule has 0 amide bonds. The number of benzene rings is 2. The van der Waals surface area contributed by atoms with Gasteiger partial charge in [0.05, 0.1) is 30.4 Å². The number of fused-ring (bicyclic) bond motifs is 3. The number of halogens is 1. The summed E-state index contributed by atoms with van der Waals surface area (Å²) < 4.78 is 21.1. The largest absolute Gasteiger partial charge is 0.497 e. The van der Waals surface area contributed by atoms with Crippen molar-refractivity contribution in [2.24, 2.45) is 28.2 Å². The Morgan fingerprint density at radius 2 is 1.91 bits per heavy atom. The molecule has 4 fully saturated rings. The average Bonchev–Trinajstić information content (AvgIpc) is 3.02. The lowest BCUT2D eigenvalue weighted by molar-refractivity contribution is -0.108. The normalized spacial score (nSPS) is 25.1. The number of piperazine rings is 1. The van der Waals surface area contributed by atoms with Gasteiger partial charge in [0.2, 0.25) is 0 Å². The monoisotopic (exact) mass is 602 g/mol. The van der Waals surface area contributed by atoms with Crippen molar-refractivity contribution in [3.8, 4) is 5.75 Å². The van der Waals surface area contributed by atoms with Gasteiger partial charge in [0.1, 0.15) is 11.6 Å². The van der Waals surface area contributed by atoms with Gasteiger partial charge in [0, 0.05) is 44.5 Å². The van der Waals surface area contributed by atoms with Crippen LogP contribution < -0.4 is 15.6 Å². The van der Waals surface area contributed by atoms with E-state index < -0.39 is 0 Å². The van der Waals surface area contributed by atoms with Crippen molar-refractivity contribution in [3.05, 3.63) is 64.5 Å². The molecule has 0 radical (unpaired) electrons. The number of anilines is 1. The molecule has 3 saturated carbocycles. The molecule has 1 saturated heterocycles. The topological polar surface area (TPSA) is 75.0 Å². The quantitative estimate of drug-likeness (QED) is 0.265. The number of rotatable bonds is 8. The highest BCUT2D eigenvalue weighted by Crippen LogP contribution is 2.61. The SMILES string of the molecule is CCCN1CCN(/C(=N\C2C[C@@H]3C[C@H]([C@@H]2C)C3(C)C)Nc2ccc3c(=O)n(CCc4ccc(OC)cc4F)cnc3c2)CC1. The number of aryl methyl sites for hydroxylation is 2. The van der Waals surface area contributed by atoms with Gasteiger partial charge in [-0.3, -0.25) is 14.3 Å². The van der Waals surface area contributed by atoms with E-state index in [9.17, 15) is 9.18 Å². The summed E-state index contributed by atoms with van der Waals surface area (Å²) in [6, 6.07) is 10.8. The number of nitrogens with zero attached hydrogens (tertiary/aromatic N) is 5. The second kappa shape index (κ2) is 12.5. The van der Waals surface area contributed by atoms with E-state index in [1.54, 1.807) is 23.0 Å². The van der Waals surface area contributed by atoms with Crippen molar-refractivity contribution in [1.82, 2.24) is 19.4 Å². The summed E-state index contributed by atoms with van der Waals surface area (Å²) in [5.74, 6) is 3.09. The van der Waals surface area contributed by atoms with E-state index >= 15 is 0 Å². The van der Waals surface area contributed by atoms with Gasteiger partial charge >= 0.3 is 0 Å². The molecule has 8 nitrogen and oxygen atoms in total. The molecule has 4 atom stereocenters. The molecule has 236 valence electrons. The van der Waals surface area contributed by atoms with Crippen LogP contribution >= 0.6 is 0 Å². The second-order valence-corrected chi connectivity index (χ2v) is 13.6. The minimum Gasteiger partial charge on any atom is -0.497 e. The number of nitrogens with one attached hydrogen (secondary N) is 1. The number of methoxy groups -OCH3 is 1. The van der Waals surface area contributed by atoms with Crippen LogP contribution in [0.2, 0.25) is 0 Å². The van der Waals surface area contributed by atoms with E-state index in [0.717, 1.165) is 62.6 Å².